The summed E-state index contributed by atoms with van der Waals surface area (Å²) in [6.45, 7) is 4.40. The molecule has 0 bridgehead atoms. The minimum Gasteiger partial charge on any atom is -0.375 e. The predicted molar refractivity (Wildman–Crippen MR) is 101 cm³/mol. The maximum atomic E-state index is 12.4. The van der Waals surface area contributed by atoms with Crippen molar-refractivity contribution in [1.82, 2.24) is 9.80 Å². The molecule has 0 aliphatic carbocycles. The first-order valence-corrected chi connectivity index (χ1v) is 9.41. The summed E-state index contributed by atoms with van der Waals surface area (Å²) in [5.74, 6) is 0.0616. The molecule has 2 heterocycles. The van der Waals surface area contributed by atoms with Crippen LogP contribution < -0.4 is 5.32 Å². The van der Waals surface area contributed by atoms with Crippen LogP contribution in [0.1, 0.15) is 15.2 Å². The lowest BCUT2D eigenvalue weighted by Crippen LogP contribution is -2.51. The second-order valence-electron chi connectivity index (χ2n) is 5.99. The molecule has 1 saturated heterocycles. The van der Waals surface area contributed by atoms with Gasteiger partial charge >= 0.3 is 0 Å². The third kappa shape index (κ3) is 4.32. The molecule has 1 N–H and O–H groups in total. The Morgan fingerprint density at radius 1 is 1.16 bits per heavy atom. The molecule has 2 aromatic rings. The second-order valence-corrected chi connectivity index (χ2v) is 7.34. The van der Waals surface area contributed by atoms with E-state index in [-0.39, 0.29) is 18.4 Å². The molecule has 7 heteroatoms. The van der Waals surface area contributed by atoms with Gasteiger partial charge in [0, 0.05) is 26.2 Å². The fourth-order valence-corrected chi connectivity index (χ4v) is 3.75. The van der Waals surface area contributed by atoms with Crippen molar-refractivity contribution in [2.45, 2.75) is 6.92 Å². The SMILES string of the molecule is Cc1ccc(NCC(=O)N2CCN(C(=O)c3cccs3)CC2)c(Cl)c1. The molecule has 2 amide bonds. The molecule has 0 atom stereocenters. The van der Waals surface area contributed by atoms with Gasteiger partial charge in [-0.05, 0) is 36.1 Å². The van der Waals surface area contributed by atoms with E-state index in [0.29, 0.717) is 31.2 Å². The van der Waals surface area contributed by atoms with E-state index in [0.717, 1.165) is 16.1 Å². The standard InChI is InChI=1S/C18H20ClN3O2S/c1-13-4-5-15(14(19)11-13)20-12-17(23)21-6-8-22(9-7-21)18(24)16-3-2-10-25-16/h2-5,10-11,20H,6-9,12H2,1H3. The zero-order valence-corrected chi connectivity index (χ0v) is 15.6. The molecule has 0 saturated carbocycles. The molecule has 0 spiro atoms. The number of rotatable bonds is 4. The lowest BCUT2D eigenvalue weighted by atomic mass is 10.2. The predicted octanol–water partition coefficient (Wildman–Crippen LogP) is 3.11. The summed E-state index contributed by atoms with van der Waals surface area (Å²) in [4.78, 5) is 29.0. The van der Waals surface area contributed by atoms with Crippen LogP contribution >= 0.6 is 22.9 Å². The molecule has 5 nitrogen and oxygen atoms in total. The van der Waals surface area contributed by atoms with Crippen LogP contribution in [0.25, 0.3) is 0 Å². The third-order valence-corrected chi connectivity index (χ3v) is 5.38. The fourth-order valence-electron chi connectivity index (χ4n) is 2.76. The Kier molecular flexibility index (Phi) is 5.60. The van der Waals surface area contributed by atoms with Crippen LogP contribution in [0.2, 0.25) is 5.02 Å². The zero-order chi connectivity index (χ0) is 17.8. The van der Waals surface area contributed by atoms with Gasteiger partial charge in [0.1, 0.15) is 0 Å². The minimum absolute atomic E-state index is 0.0138. The van der Waals surface area contributed by atoms with Gasteiger partial charge in [-0.15, -0.1) is 11.3 Å². The molecule has 1 aliphatic heterocycles. The van der Waals surface area contributed by atoms with Gasteiger partial charge < -0.3 is 15.1 Å². The quantitative estimate of drug-likeness (QED) is 0.890. The summed E-state index contributed by atoms with van der Waals surface area (Å²) < 4.78 is 0. The van der Waals surface area contributed by atoms with Crippen molar-refractivity contribution in [3.8, 4) is 0 Å². The second kappa shape index (κ2) is 7.89. The summed E-state index contributed by atoms with van der Waals surface area (Å²) in [5.41, 5.74) is 1.83. The maximum Gasteiger partial charge on any atom is 0.264 e. The van der Waals surface area contributed by atoms with E-state index < -0.39 is 0 Å². The number of carbonyl (C=O) groups is 2. The van der Waals surface area contributed by atoms with E-state index >= 15 is 0 Å². The van der Waals surface area contributed by atoms with Gasteiger partial charge in [-0.2, -0.15) is 0 Å². The molecular weight excluding hydrogens is 358 g/mol. The normalized spacial score (nSPS) is 14.5. The average molecular weight is 378 g/mol. The van der Waals surface area contributed by atoms with Crippen LogP contribution in [0.4, 0.5) is 5.69 Å². The number of carbonyl (C=O) groups excluding carboxylic acids is 2. The van der Waals surface area contributed by atoms with Gasteiger partial charge in [0.2, 0.25) is 5.91 Å². The highest BCUT2D eigenvalue weighted by Crippen LogP contribution is 2.22. The summed E-state index contributed by atoms with van der Waals surface area (Å²) in [7, 11) is 0. The van der Waals surface area contributed by atoms with Crippen LogP contribution in [-0.2, 0) is 4.79 Å². The van der Waals surface area contributed by atoms with Gasteiger partial charge in [-0.25, -0.2) is 0 Å². The summed E-state index contributed by atoms with van der Waals surface area (Å²) in [6, 6.07) is 9.40. The van der Waals surface area contributed by atoms with Gasteiger partial charge in [0.05, 0.1) is 22.1 Å². The molecule has 0 unspecified atom stereocenters. The van der Waals surface area contributed by atoms with E-state index in [1.54, 1.807) is 9.80 Å². The molecule has 1 aromatic carbocycles. The number of benzene rings is 1. The lowest BCUT2D eigenvalue weighted by Gasteiger charge is -2.34. The van der Waals surface area contributed by atoms with Crippen LogP contribution in [-0.4, -0.2) is 54.3 Å². The van der Waals surface area contributed by atoms with Crippen molar-refractivity contribution in [2.75, 3.05) is 38.0 Å². The molecule has 25 heavy (non-hydrogen) atoms. The maximum absolute atomic E-state index is 12.4. The smallest absolute Gasteiger partial charge is 0.264 e. The number of nitrogens with zero attached hydrogens (tertiary/aromatic N) is 2. The number of thiophene rings is 1. The summed E-state index contributed by atoms with van der Waals surface area (Å²) in [5, 5.41) is 5.60. The van der Waals surface area contributed by atoms with E-state index in [1.165, 1.54) is 11.3 Å². The molecule has 132 valence electrons. The topological polar surface area (TPSA) is 52.7 Å². The van der Waals surface area contributed by atoms with E-state index in [1.807, 2.05) is 42.6 Å². The Labute approximate surface area is 156 Å². The van der Waals surface area contributed by atoms with Gasteiger partial charge in [0.15, 0.2) is 0 Å². The van der Waals surface area contributed by atoms with Crippen molar-refractivity contribution >= 4 is 40.4 Å². The first kappa shape index (κ1) is 17.8. The van der Waals surface area contributed by atoms with E-state index in [2.05, 4.69) is 5.32 Å². The highest BCUT2D eigenvalue weighted by atomic mass is 35.5. The highest BCUT2D eigenvalue weighted by molar-refractivity contribution is 7.12. The summed E-state index contributed by atoms with van der Waals surface area (Å²) in [6.07, 6.45) is 0. The van der Waals surface area contributed by atoms with Gasteiger partial charge in [-0.3, -0.25) is 9.59 Å². The van der Waals surface area contributed by atoms with Crippen molar-refractivity contribution < 1.29 is 9.59 Å². The van der Waals surface area contributed by atoms with E-state index in [4.69, 9.17) is 11.6 Å². The number of amides is 2. The van der Waals surface area contributed by atoms with Crippen molar-refractivity contribution in [3.63, 3.8) is 0 Å². The van der Waals surface area contributed by atoms with Crippen LogP contribution in [0.5, 0.6) is 0 Å². The Balaban J connectivity index is 1.49. The molecule has 3 rings (SSSR count). The molecule has 1 aliphatic rings. The number of nitrogens with one attached hydrogen (secondary N) is 1. The molecule has 0 radical (unpaired) electrons. The number of aryl methyl sites for hydroxylation is 1. The first-order chi connectivity index (χ1) is 12.0. The number of halogens is 1. The largest absolute Gasteiger partial charge is 0.375 e. The monoisotopic (exact) mass is 377 g/mol. The lowest BCUT2D eigenvalue weighted by molar-refractivity contribution is -0.130. The Bertz CT molecular complexity index is 756. The first-order valence-electron chi connectivity index (χ1n) is 8.15. The zero-order valence-electron chi connectivity index (χ0n) is 14.0. The number of piperazine rings is 1. The molecule has 1 fully saturated rings. The van der Waals surface area contributed by atoms with Crippen molar-refractivity contribution in [2.24, 2.45) is 0 Å². The Morgan fingerprint density at radius 3 is 2.52 bits per heavy atom. The number of hydrogen-bond acceptors (Lipinski definition) is 4. The van der Waals surface area contributed by atoms with Crippen molar-refractivity contribution in [3.05, 3.63) is 51.2 Å². The van der Waals surface area contributed by atoms with Crippen LogP contribution in [0, 0.1) is 6.92 Å². The third-order valence-electron chi connectivity index (χ3n) is 4.21. The van der Waals surface area contributed by atoms with Crippen LogP contribution in [0.15, 0.2) is 35.7 Å². The number of hydrogen-bond donors (Lipinski definition) is 1. The summed E-state index contributed by atoms with van der Waals surface area (Å²) >= 11 is 7.62. The average Bonchev–Trinajstić information content (AvgIpc) is 3.15. The van der Waals surface area contributed by atoms with E-state index in [9.17, 15) is 9.59 Å². The molecule has 1 aromatic heterocycles. The van der Waals surface area contributed by atoms with Gasteiger partial charge in [-0.1, -0.05) is 23.7 Å². The molecular formula is C18H20ClN3O2S. The van der Waals surface area contributed by atoms with Crippen LogP contribution in [0.3, 0.4) is 0 Å². The van der Waals surface area contributed by atoms with Crippen molar-refractivity contribution in [1.29, 1.82) is 0 Å². The Hall–Kier alpha value is -2.05. The minimum atomic E-state index is 0.0138. The Morgan fingerprint density at radius 2 is 1.88 bits per heavy atom. The number of anilines is 1. The fraction of sp³-hybridized carbons (Fsp3) is 0.333. The highest BCUT2D eigenvalue weighted by Gasteiger charge is 2.25. The van der Waals surface area contributed by atoms with Gasteiger partial charge in [0.25, 0.3) is 5.91 Å².